The Morgan fingerprint density at radius 3 is 2.48 bits per heavy atom. The number of amides is 1. The summed E-state index contributed by atoms with van der Waals surface area (Å²) >= 11 is 0. The molecule has 4 rings (SSSR count). The van der Waals surface area contributed by atoms with Crippen molar-refractivity contribution in [2.45, 2.75) is 26.5 Å². The molecule has 0 bridgehead atoms. The quantitative estimate of drug-likeness (QED) is 0.427. The number of aromatic nitrogens is 3. The summed E-state index contributed by atoms with van der Waals surface area (Å²) < 4.78 is 12.4. The summed E-state index contributed by atoms with van der Waals surface area (Å²) in [6, 6.07) is 18.1. The second kappa shape index (κ2) is 9.52. The number of aryl methyl sites for hydroxylation is 1. The second-order valence-corrected chi connectivity index (χ2v) is 7.38. The number of hydrogen-bond acceptors (Lipinski definition) is 6. The van der Waals surface area contributed by atoms with Crippen LogP contribution in [0.25, 0.3) is 22.3 Å². The Hall–Kier alpha value is -4.20. The van der Waals surface area contributed by atoms with Gasteiger partial charge in [0.05, 0.1) is 30.0 Å². The van der Waals surface area contributed by atoms with Crippen molar-refractivity contribution in [3.05, 3.63) is 72.4 Å². The number of rotatable bonds is 7. The third-order valence-corrected chi connectivity index (χ3v) is 5.21. The monoisotopic (exact) mass is 444 g/mol. The van der Waals surface area contributed by atoms with Crippen molar-refractivity contribution >= 4 is 28.6 Å². The number of pyridine rings is 1. The van der Waals surface area contributed by atoms with Crippen LogP contribution in [0.4, 0.5) is 5.69 Å². The first kappa shape index (κ1) is 22.0. The Balaban J connectivity index is 1.59. The Bertz CT molecular complexity index is 1280. The topological polar surface area (TPSA) is 95.3 Å². The standard InChI is InChI=1S/C25H24N4O4/c1-4-29-23-21(15-26-29)20(14-22(28-23)17-8-6-5-7-9-17)25(31)33-16(2)24(30)27-18-10-12-19(32-3)13-11-18/h5-16H,4H2,1-3H3,(H,27,30). The molecule has 0 fully saturated rings. The fraction of sp³-hybridized carbons (Fsp3) is 0.200. The van der Waals surface area contributed by atoms with Gasteiger partial charge >= 0.3 is 5.97 Å². The first-order valence-electron chi connectivity index (χ1n) is 10.6. The van der Waals surface area contributed by atoms with Crippen LogP contribution in [0.5, 0.6) is 5.75 Å². The van der Waals surface area contributed by atoms with Crippen LogP contribution in [0.15, 0.2) is 66.9 Å². The lowest BCUT2D eigenvalue weighted by Gasteiger charge is -2.15. The number of anilines is 1. The minimum atomic E-state index is -1.01. The van der Waals surface area contributed by atoms with Crippen molar-refractivity contribution < 1.29 is 19.1 Å². The zero-order valence-electron chi connectivity index (χ0n) is 18.6. The number of nitrogens with zero attached hydrogens (tertiary/aromatic N) is 3. The SMILES string of the molecule is CCn1ncc2c(C(=O)OC(C)C(=O)Nc3ccc(OC)cc3)cc(-c3ccccc3)nc21. The number of ether oxygens (including phenoxy) is 2. The highest BCUT2D eigenvalue weighted by molar-refractivity contribution is 6.05. The molecule has 0 spiro atoms. The second-order valence-electron chi connectivity index (χ2n) is 7.38. The highest BCUT2D eigenvalue weighted by atomic mass is 16.5. The van der Waals surface area contributed by atoms with E-state index in [0.29, 0.717) is 40.3 Å². The highest BCUT2D eigenvalue weighted by Crippen LogP contribution is 2.26. The summed E-state index contributed by atoms with van der Waals surface area (Å²) in [7, 11) is 1.57. The Morgan fingerprint density at radius 2 is 1.82 bits per heavy atom. The number of fused-ring (bicyclic) bond motifs is 1. The van der Waals surface area contributed by atoms with Gasteiger partial charge in [0.25, 0.3) is 5.91 Å². The van der Waals surface area contributed by atoms with Crippen LogP contribution in [0.1, 0.15) is 24.2 Å². The van der Waals surface area contributed by atoms with Gasteiger partial charge < -0.3 is 14.8 Å². The van der Waals surface area contributed by atoms with Crippen molar-refractivity contribution in [3.8, 4) is 17.0 Å². The van der Waals surface area contributed by atoms with Crippen molar-refractivity contribution in [1.29, 1.82) is 0 Å². The number of carbonyl (C=O) groups is 2. The van der Waals surface area contributed by atoms with Gasteiger partial charge in [-0.15, -0.1) is 0 Å². The fourth-order valence-electron chi connectivity index (χ4n) is 3.40. The molecule has 2 aromatic carbocycles. The Morgan fingerprint density at radius 1 is 1.09 bits per heavy atom. The normalized spacial score (nSPS) is 11.7. The van der Waals surface area contributed by atoms with E-state index in [0.717, 1.165) is 5.56 Å². The number of benzene rings is 2. The first-order valence-corrected chi connectivity index (χ1v) is 10.6. The van der Waals surface area contributed by atoms with E-state index < -0.39 is 18.0 Å². The molecule has 8 nitrogen and oxygen atoms in total. The zero-order chi connectivity index (χ0) is 23.4. The minimum absolute atomic E-state index is 0.308. The molecular formula is C25H24N4O4. The average molecular weight is 444 g/mol. The van der Waals surface area contributed by atoms with Gasteiger partial charge in [-0.2, -0.15) is 5.10 Å². The molecule has 1 amide bonds. The summed E-state index contributed by atoms with van der Waals surface area (Å²) in [6.07, 6.45) is 0.587. The van der Waals surface area contributed by atoms with Crippen LogP contribution in [0.2, 0.25) is 0 Å². The number of nitrogens with one attached hydrogen (secondary N) is 1. The molecular weight excluding hydrogens is 420 g/mol. The predicted molar refractivity (Wildman–Crippen MR) is 125 cm³/mol. The molecule has 4 aromatic rings. The maximum Gasteiger partial charge on any atom is 0.339 e. The van der Waals surface area contributed by atoms with Crippen molar-refractivity contribution in [2.75, 3.05) is 12.4 Å². The smallest absolute Gasteiger partial charge is 0.339 e. The number of carbonyl (C=O) groups excluding carboxylic acids is 2. The third kappa shape index (κ3) is 4.69. The van der Waals surface area contributed by atoms with E-state index in [4.69, 9.17) is 14.5 Å². The summed E-state index contributed by atoms with van der Waals surface area (Å²) in [5.74, 6) is -0.380. The molecule has 0 saturated heterocycles. The first-order chi connectivity index (χ1) is 16.0. The summed E-state index contributed by atoms with van der Waals surface area (Å²) in [5, 5.41) is 7.64. The van der Waals surface area contributed by atoms with Gasteiger partial charge in [0.2, 0.25) is 0 Å². The van der Waals surface area contributed by atoms with E-state index in [2.05, 4.69) is 10.4 Å². The molecule has 8 heteroatoms. The maximum absolute atomic E-state index is 13.1. The molecule has 2 aromatic heterocycles. The lowest BCUT2D eigenvalue weighted by molar-refractivity contribution is -0.123. The largest absolute Gasteiger partial charge is 0.497 e. The van der Waals surface area contributed by atoms with Crippen LogP contribution in [-0.2, 0) is 16.1 Å². The van der Waals surface area contributed by atoms with Crippen molar-refractivity contribution in [2.24, 2.45) is 0 Å². The molecule has 0 aliphatic rings. The highest BCUT2D eigenvalue weighted by Gasteiger charge is 2.23. The average Bonchev–Trinajstić information content (AvgIpc) is 3.27. The van der Waals surface area contributed by atoms with Crippen LogP contribution in [0, 0.1) is 0 Å². The van der Waals surface area contributed by atoms with Crippen LogP contribution < -0.4 is 10.1 Å². The van der Waals surface area contributed by atoms with E-state index in [1.807, 2.05) is 37.3 Å². The maximum atomic E-state index is 13.1. The predicted octanol–water partition coefficient (Wildman–Crippen LogP) is 4.31. The summed E-state index contributed by atoms with van der Waals surface area (Å²) in [5.41, 5.74) is 2.96. The zero-order valence-corrected chi connectivity index (χ0v) is 18.6. The van der Waals surface area contributed by atoms with Crippen LogP contribution in [0.3, 0.4) is 0 Å². The molecule has 0 saturated carbocycles. The molecule has 168 valence electrons. The van der Waals surface area contributed by atoms with Gasteiger partial charge in [-0.1, -0.05) is 30.3 Å². The number of hydrogen-bond donors (Lipinski definition) is 1. The van der Waals surface area contributed by atoms with Crippen LogP contribution in [-0.4, -0.2) is 39.9 Å². The molecule has 0 radical (unpaired) electrons. The Kier molecular flexibility index (Phi) is 6.35. The minimum Gasteiger partial charge on any atom is -0.497 e. The number of methoxy groups -OCH3 is 1. The van der Waals surface area contributed by atoms with E-state index in [1.165, 1.54) is 6.92 Å². The van der Waals surface area contributed by atoms with E-state index >= 15 is 0 Å². The van der Waals surface area contributed by atoms with Gasteiger partial charge in [0.15, 0.2) is 11.8 Å². The fourth-order valence-corrected chi connectivity index (χ4v) is 3.40. The molecule has 0 aliphatic heterocycles. The van der Waals surface area contributed by atoms with Gasteiger partial charge in [0.1, 0.15) is 5.75 Å². The lowest BCUT2D eigenvalue weighted by Crippen LogP contribution is -2.30. The van der Waals surface area contributed by atoms with E-state index in [9.17, 15) is 9.59 Å². The molecule has 1 N–H and O–H groups in total. The van der Waals surface area contributed by atoms with Gasteiger partial charge in [-0.25, -0.2) is 14.5 Å². The van der Waals surface area contributed by atoms with Crippen molar-refractivity contribution in [1.82, 2.24) is 14.8 Å². The molecule has 1 unspecified atom stereocenters. The van der Waals surface area contributed by atoms with E-state index in [-0.39, 0.29) is 0 Å². The molecule has 0 aliphatic carbocycles. The van der Waals surface area contributed by atoms with Gasteiger partial charge in [-0.3, -0.25) is 4.79 Å². The summed E-state index contributed by atoms with van der Waals surface area (Å²) in [6.45, 7) is 4.08. The molecule has 33 heavy (non-hydrogen) atoms. The molecule has 2 heterocycles. The third-order valence-electron chi connectivity index (χ3n) is 5.21. The van der Waals surface area contributed by atoms with Gasteiger partial charge in [-0.05, 0) is 44.2 Å². The van der Waals surface area contributed by atoms with Crippen LogP contribution >= 0.6 is 0 Å². The van der Waals surface area contributed by atoms with Crippen molar-refractivity contribution in [3.63, 3.8) is 0 Å². The van der Waals surface area contributed by atoms with Gasteiger partial charge in [0, 0.05) is 17.8 Å². The molecule has 1 atom stereocenters. The summed E-state index contributed by atoms with van der Waals surface area (Å²) in [4.78, 5) is 30.4. The number of esters is 1. The Labute approximate surface area is 191 Å². The lowest BCUT2D eigenvalue weighted by atomic mass is 10.1. The van der Waals surface area contributed by atoms with E-state index in [1.54, 1.807) is 48.3 Å².